The van der Waals surface area contributed by atoms with Crippen molar-refractivity contribution in [2.24, 2.45) is 0 Å². The highest BCUT2D eigenvalue weighted by Crippen LogP contribution is 2.43. The van der Waals surface area contributed by atoms with Crippen LogP contribution in [0.5, 0.6) is 0 Å². The number of pyridine rings is 1. The molecular weight excluding hydrogens is 262 g/mol. The molecule has 1 aliphatic heterocycles. The van der Waals surface area contributed by atoms with E-state index in [1.807, 2.05) is 12.3 Å². The summed E-state index contributed by atoms with van der Waals surface area (Å²) in [6, 6.07) is 4.24. The summed E-state index contributed by atoms with van der Waals surface area (Å²) < 4.78 is 5.85. The summed E-state index contributed by atoms with van der Waals surface area (Å²) in [5.74, 6) is 0.727. The lowest BCUT2D eigenvalue weighted by Gasteiger charge is -2.35. The quantitative estimate of drug-likeness (QED) is 0.942. The Morgan fingerprint density at radius 2 is 2.05 bits per heavy atom. The number of hydrogen-bond acceptors (Lipinski definition) is 3. The standard InChI is InChI=1S/C17H23N3O/c1-11-8-20(9-12(2)21-11)10-15-14-4-3-7-18-17(14)19-16(15)13-5-6-13/h3-4,7,11-13H,5-6,8-10H2,1-2H3,(H,18,19)/t11-,12-/m1/s1. The first kappa shape index (κ1) is 13.3. The second kappa shape index (κ2) is 5.11. The van der Waals surface area contributed by atoms with E-state index in [0.29, 0.717) is 12.2 Å². The molecule has 0 aromatic carbocycles. The van der Waals surface area contributed by atoms with Crippen LogP contribution in [0.15, 0.2) is 18.3 Å². The Balaban J connectivity index is 1.67. The highest BCUT2D eigenvalue weighted by atomic mass is 16.5. The van der Waals surface area contributed by atoms with Crippen LogP contribution in [0.3, 0.4) is 0 Å². The molecule has 1 N–H and O–H groups in total. The summed E-state index contributed by atoms with van der Waals surface area (Å²) in [6.07, 6.45) is 5.15. The maximum absolute atomic E-state index is 5.85. The van der Waals surface area contributed by atoms with Crippen molar-refractivity contribution in [1.29, 1.82) is 0 Å². The molecule has 4 nitrogen and oxygen atoms in total. The number of ether oxygens (including phenoxy) is 1. The number of nitrogens with zero attached hydrogens (tertiary/aromatic N) is 2. The molecule has 4 heteroatoms. The molecule has 21 heavy (non-hydrogen) atoms. The van der Waals surface area contributed by atoms with E-state index in [0.717, 1.165) is 31.2 Å². The summed E-state index contributed by atoms with van der Waals surface area (Å²) in [5, 5.41) is 1.30. The first-order chi connectivity index (χ1) is 10.2. The fourth-order valence-corrected chi connectivity index (χ4v) is 3.62. The topological polar surface area (TPSA) is 41.2 Å². The monoisotopic (exact) mass is 285 g/mol. The van der Waals surface area contributed by atoms with Gasteiger partial charge >= 0.3 is 0 Å². The zero-order valence-electron chi connectivity index (χ0n) is 12.8. The summed E-state index contributed by atoms with van der Waals surface area (Å²) in [4.78, 5) is 10.6. The van der Waals surface area contributed by atoms with E-state index in [4.69, 9.17) is 4.74 Å². The van der Waals surface area contributed by atoms with E-state index in [9.17, 15) is 0 Å². The van der Waals surface area contributed by atoms with Gasteiger partial charge in [-0.25, -0.2) is 4.98 Å². The van der Waals surface area contributed by atoms with Crippen molar-refractivity contribution in [3.8, 4) is 0 Å². The number of hydrogen-bond donors (Lipinski definition) is 1. The predicted octanol–water partition coefficient (Wildman–Crippen LogP) is 3.05. The first-order valence-corrected chi connectivity index (χ1v) is 8.04. The van der Waals surface area contributed by atoms with Crippen molar-refractivity contribution in [1.82, 2.24) is 14.9 Å². The molecule has 2 aromatic rings. The number of fused-ring (bicyclic) bond motifs is 1. The van der Waals surface area contributed by atoms with Gasteiger partial charge in [0.15, 0.2) is 0 Å². The molecule has 0 bridgehead atoms. The highest BCUT2D eigenvalue weighted by Gasteiger charge is 2.31. The van der Waals surface area contributed by atoms with Gasteiger partial charge in [-0.05, 0) is 50.3 Å². The minimum atomic E-state index is 0.321. The van der Waals surface area contributed by atoms with Gasteiger partial charge < -0.3 is 9.72 Å². The molecule has 1 saturated heterocycles. The van der Waals surface area contributed by atoms with Gasteiger partial charge in [0.1, 0.15) is 5.65 Å². The second-order valence-electron chi connectivity index (χ2n) is 6.64. The zero-order valence-corrected chi connectivity index (χ0v) is 12.8. The van der Waals surface area contributed by atoms with Gasteiger partial charge in [-0.3, -0.25) is 4.90 Å². The summed E-state index contributed by atoms with van der Waals surface area (Å²) in [6.45, 7) is 7.38. The lowest BCUT2D eigenvalue weighted by atomic mass is 10.1. The molecule has 3 heterocycles. The van der Waals surface area contributed by atoms with Crippen LogP contribution in [0.1, 0.15) is 43.9 Å². The van der Waals surface area contributed by atoms with Crippen LogP contribution in [0.2, 0.25) is 0 Å². The Hall–Kier alpha value is -1.39. The third-order valence-corrected chi connectivity index (χ3v) is 4.57. The lowest BCUT2D eigenvalue weighted by Crippen LogP contribution is -2.44. The van der Waals surface area contributed by atoms with Crippen molar-refractivity contribution in [2.75, 3.05) is 13.1 Å². The van der Waals surface area contributed by atoms with Gasteiger partial charge in [-0.15, -0.1) is 0 Å². The summed E-state index contributed by atoms with van der Waals surface area (Å²) in [5.41, 5.74) is 3.93. The Morgan fingerprint density at radius 3 is 2.76 bits per heavy atom. The molecule has 2 aliphatic rings. The average molecular weight is 285 g/mol. The predicted molar refractivity (Wildman–Crippen MR) is 83.4 cm³/mol. The molecule has 2 aromatic heterocycles. The van der Waals surface area contributed by atoms with Crippen LogP contribution in [0.4, 0.5) is 0 Å². The number of nitrogens with one attached hydrogen (secondary N) is 1. The number of aromatic nitrogens is 2. The molecule has 4 rings (SSSR count). The fraction of sp³-hybridized carbons (Fsp3) is 0.588. The molecule has 112 valence electrons. The van der Waals surface area contributed by atoms with Crippen LogP contribution in [-0.4, -0.2) is 40.2 Å². The van der Waals surface area contributed by atoms with Crippen molar-refractivity contribution >= 4 is 11.0 Å². The van der Waals surface area contributed by atoms with Crippen LogP contribution in [0.25, 0.3) is 11.0 Å². The molecule has 0 unspecified atom stereocenters. The summed E-state index contributed by atoms with van der Waals surface area (Å²) >= 11 is 0. The van der Waals surface area contributed by atoms with Crippen LogP contribution in [-0.2, 0) is 11.3 Å². The maximum atomic E-state index is 5.85. The van der Waals surface area contributed by atoms with Crippen molar-refractivity contribution in [2.45, 2.75) is 51.4 Å². The smallest absolute Gasteiger partial charge is 0.137 e. The van der Waals surface area contributed by atoms with E-state index in [1.165, 1.54) is 29.5 Å². The molecule has 0 radical (unpaired) electrons. The van der Waals surface area contributed by atoms with Gasteiger partial charge in [-0.1, -0.05) is 0 Å². The first-order valence-electron chi connectivity index (χ1n) is 8.04. The third-order valence-electron chi connectivity index (χ3n) is 4.57. The number of morpholine rings is 1. The van der Waals surface area contributed by atoms with Crippen molar-refractivity contribution in [3.05, 3.63) is 29.6 Å². The van der Waals surface area contributed by atoms with Gasteiger partial charge in [0.2, 0.25) is 0 Å². The normalized spacial score (nSPS) is 27.3. The molecule has 0 spiro atoms. The minimum absolute atomic E-state index is 0.321. The molecule has 2 atom stereocenters. The SMILES string of the molecule is C[C@@H]1CN(Cc2c(C3CC3)[nH]c3ncccc23)C[C@@H](C)O1. The number of H-pyrrole nitrogens is 1. The Labute approximate surface area is 125 Å². The van der Waals surface area contributed by atoms with Crippen molar-refractivity contribution < 1.29 is 4.74 Å². The van der Waals surface area contributed by atoms with Crippen LogP contribution < -0.4 is 0 Å². The number of aromatic amines is 1. The summed E-state index contributed by atoms with van der Waals surface area (Å²) in [7, 11) is 0. The van der Waals surface area contributed by atoms with Crippen molar-refractivity contribution in [3.63, 3.8) is 0 Å². The Bertz CT molecular complexity index is 637. The van der Waals surface area contributed by atoms with Gasteiger partial charge in [-0.2, -0.15) is 0 Å². The Kier molecular flexibility index (Phi) is 3.23. The second-order valence-corrected chi connectivity index (χ2v) is 6.64. The van der Waals surface area contributed by atoms with Gasteiger partial charge in [0.05, 0.1) is 12.2 Å². The molecule has 2 fully saturated rings. The molecule has 0 amide bonds. The molecule has 1 saturated carbocycles. The highest BCUT2D eigenvalue weighted by molar-refractivity contribution is 5.81. The fourth-order valence-electron chi connectivity index (χ4n) is 3.62. The van der Waals surface area contributed by atoms with Crippen LogP contribution in [0, 0.1) is 0 Å². The average Bonchev–Trinajstić information content (AvgIpc) is 3.22. The zero-order chi connectivity index (χ0) is 14.4. The minimum Gasteiger partial charge on any atom is -0.373 e. The van der Waals surface area contributed by atoms with E-state index >= 15 is 0 Å². The molecular formula is C17H23N3O. The van der Waals surface area contributed by atoms with Gasteiger partial charge in [0, 0.05) is 36.9 Å². The maximum Gasteiger partial charge on any atom is 0.137 e. The van der Waals surface area contributed by atoms with E-state index < -0.39 is 0 Å². The van der Waals surface area contributed by atoms with Crippen LogP contribution >= 0.6 is 0 Å². The van der Waals surface area contributed by atoms with E-state index in [1.54, 1.807) is 0 Å². The molecule has 1 aliphatic carbocycles. The van der Waals surface area contributed by atoms with E-state index in [2.05, 4.69) is 34.8 Å². The number of rotatable bonds is 3. The van der Waals surface area contributed by atoms with E-state index in [-0.39, 0.29) is 0 Å². The lowest BCUT2D eigenvalue weighted by molar-refractivity contribution is -0.0704. The largest absolute Gasteiger partial charge is 0.373 e. The third kappa shape index (κ3) is 2.58. The van der Waals surface area contributed by atoms with Gasteiger partial charge in [0.25, 0.3) is 0 Å². The Morgan fingerprint density at radius 1 is 1.29 bits per heavy atom.